The summed E-state index contributed by atoms with van der Waals surface area (Å²) in [4.78, 5) is 10.8. The highest BCUT2D eigenvalue weighted by atomic mass is 19.4. The molecule has 234 valence electrons. The van der Waals surface area contributed by atoms with Crippen molar-refractivity contribution in [2.45, 2.75) is 66.2 Å². The summed E-state index contributed by atoms with van der Waals surface area (Å²) < 4.78 is 289. The van der Waals surface area contributed by atoms with Crippen LogP contribution in [0.1, 0.15) is 0 Å². The standard InChI is InChI=1S/C14H6F22O3/c15-3(9(24,25)26)6(18,19)1-38-5(37)39-2-7(20,21)10(27,28)12(31,32)14(35,36)13(33,34)11(29,30)8(22,23)4(16)17/h3-4H,1-2H2. The Morgan fingerprint density at radius 3 is 1.21 bits per heavy atom. The zero-order chi connectivity index (χ0) is 32.1. The fraction of sp³-hybridized carbons (Fsp3) is 0.929. The van der Waals surface area contributed by atoms with Gasteiger partial charge in [0.1, 0.15) is 0 Å². The van der Waals surface area contributed by atoms with Crippen LogP contribution in [0.3, 0.4) is 0 Å². The number of carbonyl (C=O) groups excluding carboxylic acids is 1. The van der Waals surface area contributed by atoms with Gasteiger partial charge in [-0.1, -0.05) is 0 Å². The Hall–Kier alpha value is -2.27. The molecule has 1 unspecified atom stereocenters. The maximum Gasteiger partial charge on any atom is 0.508 e. The average molecular weight is 640 g/mol. The number of alkyl halides is 22. The SMILES string of the molecule is O=C(OCC(F)(F)C(F)C(F)(F)F)OCC(F)(F)C(F)(F)C(F)(F)C(F)(F)C(F)(F)C(F)(F)C(F)(F)C(F)F. The molecule has 1 atom stereocenters. The molecule has 0 aromatic carbocycles. The second-order valence-corrected chi connectivity index (χ2v) is 6.99. The van der Waals surface area contributed by atoms with Crippen LogP contribution in [0.5, 0.6) is 0 Å². The Morgan fingerprint density at radius 1 is 0.513 bits per heavy atom. The summed E-state index contributed by atoms with van der Waals surface area (Å²) >= 11 is 0. The van der Waals surface area contributed by atoms with E-state index in [0.717, 1.165) is 0 Å². The summed E-state index contributed by atoms with van der Waals surface area (Å²) in [6, 6.07) is 0. The lowest BCUT2D eigenvalue weighted by Gasteiger charge is -2.42. The Balaban J connectivity index is 6.00. The van der Waals surface area contributed by atoms with Gasteiger partial charge in [-0.3, -0.25) is 0 Å². The highest BCUT2D eigenvalue weighted by molar-refractivity contribution is 5.60. The van der Waals surface area contributed by atoms with Crippen LogP contribution >= 0.6 is 0 Å². The first kappa shape index (κ1) is 36.7. The molecule has 0 radical (unpaired) electrons. The van der Waals surface area contributed by atoms with Crippen molar-refractivity contribution >= 4 is 6.16 Å². The fourth-order valence-electron chi connectivity index (χ4n) is 1.92. The maximum atomic E-state index is 13.5. The summed E-state index contributed by atoms with van der Waals surface area (Å²) in [5.41, 5.74) is 0. The summed E-state index contributed by atoms with van der Waals surface area (Å²) in [5.74, 6) is -63.2. The Kier molecular flexibility index (Phi) is 9.69. The first-order valence-corrected chi connectivity index (χ1v) is 8.51. The van der Waals surface area contributed by atoms with Crippen molar-refractivity contribution < 1.29 is 111 Å². The lowest BCUT2D eigenvalue weighted by Crippen LogP contribution is -2.74. The number of ether oxygens (including phenoxy) is 2. The van der Waals surface area contributed by atoms with E-state index >= 15 is 0 Å². The first-order valence-electron chi connectivity index (χ1n) is 8.51. The van der Waals surface area contributed by atoms with Crippen molar-refractivity contribution in [1.82, 2.24) is 0 Å². The minimum Gasteiger partial charge on any atom is -0.428 e. The number of carbonyl (C=O) groups is 1. The van der Waals surface area contributed by atoms with Crippen LogP contribution in [-0.2, 0) is 9.47 Å². The maximum absolute atomic E-state index is 13.5. The molecule has 0 fully saturated rings. The third-order valence-corrected chi connectivity index (χ3v) is 4.14. The monoisotopic (exact) mass is 640 g/mol. The normalized spacial score (nSPS) is 16.4. The molecule has 0 saturated heterocycles. The van der Waals surface area contributed by atoms with Gasteiger partial charge in [0, 0.05) is 0 Å². The van der Waals surface area contributed by atoms with E-state index in [-0.39, 0.29) is 0 Å². The minimum atomic E-state index is -8.76. The van der Waals surface area contributed by atoms with E-state index in [0.29, 0.717) is 0 Å². The summed E-state index contributed by atoms with van der Waals surface area (Å²) in [6.07, 6.45) is -20.8. The molecule has 0 aromatic rings. The van der Waals surface area contributed by atoms with E-state index in [1.807, 2.05) is 0 Å². The van der Waals surface area contributed by atoms with E-state index in [9.17, 15) is 101 Å². The van der Waals surface area contributed by atoms with Gasteiger partial charge in [-0.15, -0.1) is 0 Å². The molecule has 0 N–H and O–H groups in total. The molecule has 3 nitrogen and oxygen atoms in total. The molecule has 0 aliphatic carbocycles. The molecule has 0 rings (SSSR count). The van der Waals surface area contributed by atoms with Crippen LogP contribution < -0.4 is 0 Å². The van der Waals surface area contributed by atoms with E-state index in [1.165, 1.54) is 0 Å². The molecule has 0 aliphatic heterocycles. The van der Waals surface area contributed by atoms with Gasteiger partial charge in [0.25, 0.3) is 6.17 Å². The second kappa shape index (κ2) is 10.3. The van der Waals surface area contributed by atoms with Crippen molar-refractivity contribution in [2.75, 3.05) is 13.2 Å². The zero-order valence-corrected chi connectivity index (χ0v) is 17.1. The first-order chi connectivity index (χ1) is 16.7. The Morgan fingerprint density at radius 2 is 0.846 bits per heavy atom. The third-order valence-electron chi connectivity index (χ3n) is 4.14. The van der Waals surface area contributed by atoms with Crippen LogP contribution in [0.25, 0.3) is 0 Å². The summed E-state index contributed by atoms with van der Waals surface area (Å²) in [7, 11) is 0. The molecule has 0 aliphatic rings. The quantitative estimate of drug-likeness (QED) is 0.165. The summed E-state index contributed by atoms with van der Waals surface area (Å²) in [5, 5.41) is 0. The molecular formula is C14H6F22O3. The molecule has 0 spiro atoms. The zero-order valence-electron chi connectivity index (χ0n) is 17.1. The lowest BCUT2D eigenvalue weighted by molar-refractivity contribution is -0.447. The van der Waals surface area contributed by atoms with Crippen LogP contribution in [0.2, 0.25) is 0 Å². The van der Waals surface area contributed by atoms with Crippen molar-refractivity contribution in [3.05, 3.63) is 0 Å². The van der Waals surface area contributed by atoms with E-state index in [4.69, 9.17) is 0 Å². The third kappa shape index (κ3) is 6.09. The van der Waals surface area contributed by atoms with Crippen LogP contribution in [0.4, 0.5) is 101 Å². The van der Waals surface area contributed by atoms with E-state index < -0.39 is 85.5 Å². The van der Waals surface area contributed by atoms with Gasteiger partial charge in [-0.05, 0) is 0 Å². The number of hydrogen-bond acceptors (Lipinski definition) is 3. The average Bonchev–Trinajstić information content (AvgIpc) is 2.74. The molecule has 25 heteroatoms. The molecule has 39 heavy (non-hydrogen) atoms. The molecule has 0 saturated carbocycles. The van der Waals surface area contributed by atoms with Crippen molar-refractivity contribution in [3.63, 3.8) is 0 Å². The van der Waals surface area contributed by atoms with Crippen LogP contribution in [0, 0.1) is 0 Å². The Labute approximate surface area is 198 Å². The predicted molar refractivity (Wildman–Crippen MR) is 73.8 cm³/mol. The molecule has 0 heterocycles. The van der Waals surface area contributed by atoms with Gasteiger partial charge in [-0.2, -0.15) is 83.4 Å². The largest absolute Gasteiger partial charge is 0.508 e. The number of halogens is 22. The highest BCUT2D eigenvalue weighted by Gasteiger charge is 2.93. The van der Waals surface area contributed by atoms with Gasteiger partial charge in [-0.25, -0.2) is 18.0 Å². The smallest absolute Gasteiger partial charge is 0.428 e. The van der Waals surface area contributed by atoms with Crippen LogP contribution in [0.15, 0.2) is 0 Å². The van der Waals surface area contributed by atoms with Crippen LogP contribution in [-0.4, -0.2) is 85.5 Å². The predicted octanol–water partition coefficient (Wildman–Crippen LogP) is 7.39. The van der Waals surface area contributed by atoms with E-state index in [1.54, 1.807) is 0 Å². The van der Waals surface area contributed by atoms with Crippen molar-refractivity contribution in [2.24, 2.45) is 0 Å². The Bertz CT molecular complexity index is 861. The highest BCUT2D eigenvalue weighted by Crippen LogP contribution is 2.62. The second-order valence-electron chi connectivity index (χ2n) is 6.99. The molecule has 0 aromatic heterocycles. The van der Waals surface area contributed by atoms with Gasteiger partial charge >= 0.3 is 66.1 Å². The lowest BCUT2D eigenvalue weighted by atomic mass is 9.89. The molecular weight excluding hydrogens is 634 g/mol. The molecule has 0 amide bonds. The van der Waals surface area contributed by atoms with Gasteiger partial charge in [0.2, 0.25) is 0 Å². The van der Waals surface area contributed by atoms with Gasteiger partial charge < -0.3 is 9.47 Å². The minimum absolute atomic E-state index is 2.74. The molecule has 0 bridgehead atoms. The van der Waals surface area contributed by atoms with Gasteiger partial charge in [0.05, 0.1) is 0 Å². The number of rotatable bonds is 12. The van der Waals surface area contributed by atoms with Crippen molar-refractivity contribution in [3.8, 4) is 0 Å². The van der Waals surface area contributed by atoms with Crippen molar-refractivity contribution in [1.29, 1.82) is 0 Å². The van der Waals surface area contributed by atoms with Gasteiger partial charge in [0.15, 0.2) is 13.2 Å². The van der Waals surface area contributed by atoms with E-state index in [2.05, 4.69) is 9.47 Å². The fourth-order valence-corrected chi connectivity index (χ4v) is 1.92. The number of hydrogen-bond donors (Lipinski definition) is 0. The topological polar surface area (TPSA) is 35.5 Å². The summed E-state index contributed by atoms with van der Waals surface area (Å²) in [6.45, 7) is -6.94.